The van der Waals surface area contributed by atoms with Gasteiger partial charge in [-0.25, -0.2) is 0 Å². The number of benzene rings is 3. The molecule has 0 spiro atoms. The van der Waals surface area contributed by atoms with E-state index in [1.165, 1.54) is 49.0 Å². The number of amides is 1. The number of rotatable bonds is 8. The summed E-state index contributed by atoms with van der Waals surface area (Å²) in [6.45, 7) is 7.93. The lowest BCUT2D eigenvalue weighted by Gasteiger charge is -2.55. The van der Waals surface area contributed by atoms with Crippen LogP contribution in [0.2, 0.25) is 0 Å². The van der Waals surface area contributed by atoms with Crippen LogP contribution in [0, 0.1) is 11.8 Å². The highest BCUT2D eigenvalue weighted by Gasteiger charge is 2.49. The molecule has 1 N–H and O–H groups in total. The second-order valence-electron chi connectivity index (χ2n) is 12.0. The maximum Gasteiger partial charge on any atom is 0.251 e. The van der Waals surface area contributed by atoms with Gasteiger partial charge in [-0.05, 0) is 95.8 Å². The third-order valence-corrected chi connectivity index (χ3v) is 9.61. The summed E-state index contributed by atoms with van der Waals surface area (Å²) in [6.07, 6.45) is 6.75. The van der Waals surface area contributed by atoms with Gasteiger partial charge in [0.25, 0.3) is 5.91 Å². The zero-order valence-corrected chi connectivity index (χ0v) is 22.6. The van der Waals surface area contributed by atoms with Crippen LogP contribution in [0.4, 0.5) is 0 Å². The second kappa shape index (κ2) is 10.1. The van der Waals surface area contributed by atoms with Gasteiger partial charge in [0.2, 0.25) is 0 Å². The highest BCUT2D eigenvalue weighted by atomic mass is 16.1. The van der Waals surface area contributed by atoms with Crippen LogP contribution >= 0.6 is 0 Å². The third kappa shape index (κ3) is 4.82. The van der Waals surface area contributed by atoms with Crippen molar-refractivity contribution >= 4 is 12.2 Å². The van der Waals surface area contributed by atoms with Gasteiger partial charge in [-0.15, -0.1) is 0 Å². The normalized spacial score (nSPS) is 24.5. The van der Waals surface area contributed by atoms with Crippen molar-refractivity contribution in [2.75, 3.05) is 19.6 Å². The van der Waals surface area contributed by atoms with Crippen LogP contribution in [-0.2, 0) is 18.3 Å². The van der Waals surface area contributed by atoms with Crippen LogP contribution in [-0.4, -0.2) is 42.8 Å². The Morgan fingerprint density at radius 3 is 2.42 bits per heavy atom. The first-order valence-electron chi connectivity index (χ1n) is 14.2. The fraction of sp³-hybridized carbons (Fsp3) is 0.412. The zero-order valence-electron chi connectivity index (χ0n) is 22.6. The van der Waals surface area contributed by atoms with Gasteiger partial charge in [-0.2, -0.15) is 0 Å². The fourth-order valence-electron chi connectivity index (χ4n) is 6.75. The van der Waals surface area contributed by atoms with Crippen molar-refractivity contribution < 1.29 is 9.59 Å². The van der Waals surface area contributed by atoms with E-state index in [0.29, 0.717) is 24.1 Å². The van der Waals surface area contributed by atoms with Crippen molar-refractivity contribution in [2.45, 2.75) is 57.4 Å². The van der Waals surface area contributed by atoms with Gasteiger partial charge in [-0.1, -0.05) is 68.4 Å². The van der Waals surface area contributed by atoms with E-state index in [-0.39, 0.29) is 11.3 Å². The van der Waals surface area contributed by atoms with Crippen molar-refractivity contribution in [3.8, 4) is 11.1 Å². The topological polar surface area (TPSA) is 49.4 Å². The molecule has 6 rings (SSSR count). The number of piperidine rings is 1. The Morgan fingerprint density at radius 1 is 1.03 bits per heavy atom. The Bertz CT molecular complexity index is 1330. The predicted molar refractivity (Wildman–Crippen MR) is 153 cm³/mol. The van der Waals surface area contributed by atoms with E-state index >= 15 is 0 Å². The quantitative estimate of drug-likeness (QED) is 0.377. The summed E-state index contributed by atoms with van der Waals surface area (Å²) in [5, 5.41) is 3.15. The van der Waals surface area contributed by atoms with E-state index < -0.39 is 0 Å². The average Bonchev–Trinajstić information content (AvgIpc) is 3.77. The molecule has 0 aromatic heterocycles. The van der Waals surface area contributed by atoms with Crippen molar-refractivity contribution in [3.63, 3.8) is 0 Å². The van der Waals surface area contributed by atoms with Crippen molar-refractivity contribution in [2.24, 2.45) is 11.8 Å². The lowest BCUT2D eigenvalue weighted by atomic mass is 9.59. The molecule has 1 aliphatic heterocycles. The molecule has 196 valence electrons. The van der Waals surface area contributed by atoms with Gasteiger partial charge in [0.05, 0.1) is 0 Å². The van der Waals surface area contributed by atoms with Crippen LogP contribution in [0.3, 0.4) is 0 Å². The molecule has 1 amide bonds. The summed E-state index contributed by atoms with van der Waals surface area (Å²) >= 11 is 0. The number of nitrogens with zero attached hydrogens (tertiary/aromatic N) is 1. The summed E-state index contributed by atoms with van der Waals surface area (Å²) in [5.74, 6) is 1.55. The lowest BCUT2D eigenvalue weighted by molar-refractivity contribution is 0.0284. The molecule has 2 aliphatic carbocycles. The van der Waals surface area contributed by atoms with Gasteiger partial charge >= 0.3 is 0 Å². The number of hydrogen-bond donors (Lipinski definition) is 1. The van der Waals surface area contributed by atoms with Crippen LogP contribution < -0.4 is 5.32 Å². The molecule has 3 aromatic carbocycles. The monoisotopic (exact) mass is 506 g/mol. The maximum absolute atomic E-state index is 13.1. The van der Waals surface area contributed by atoms with Gasteiger partial charge in [-0.3, -0.25) is 14.5 Å². The van der Waals surface area contributed by atoms with E-state index in [1.807, 2.05) is 30.3 Å². The minimum atomic E-state index is 0.0178. The molecule has 38 heavy (non-hydrogen) atoms. The molecule has 3 aliphatic rings. The molecule has 4 heteroatoms. The largest absolute Gasteiger partial charge is 0.352 e. The third-order valence-electron chi connectivity index (χ3n) is 9.61. The number of aldehydes is 1. The van der Waals surface area contributed by atoms with Gasteiger partial charge in [0.15, 0.2) is 0 Å². The van der Waals surface area contributed by atoms with Crippen LogP contribution in [0.15, 0.2) is 66.7 Å². The zero-order chi connectivity index (χ0) is 26.3. The van der Waals surface area contributed by atoms with E-state index in [4.69, 9.17) is 0 Å². The van der Waals surface area contributed by atoms with E-state index in [1.54, 1.807) is 0 Å². The Morgan fingerprint density at radius 2 is 1.74 bits per heavy atom. The molecular formula is C34H38N2O2. The fourth-order valence-corrected chi connectivity index (χ4v) is 6.75. The standard InChI is InChI=1S/C34H38N2O2/c1-23-32-20-29-13-14-30(19-31(29)34(23,2)16-18-36(32)21-25-3-4-25)33(38)35-17-15-24-5-9-27(10-6-24)28-11-7-26(22-37)8-12-28/h5-14,19,22-23,25,32H,3-4,15-18,20-21H2,1-2H3,(H,35,38). The van der Waals surface area contributed by atoms with E-state index in [0.717, 1.165) is 41.7 Å². The number of nitrogens with one attached hydrogen (secondary N) is 1. The lowest BCUT2D eigenvalue weighted by Crippen LogP contribution is -2.58. The highest BCUT2D eigenvalue weighted by molar-refractivity contribution is 5.94. The molecular weight excluding hydrogens is 468 g/mol. The SMILES string of the molecule is CC1C2Cc3ccc(C(=O)NCCc4ccc(-c5ccc(C=O)cc5)cc4)cc3C1(C)CCN2CC1CC1. The first-order chi connectivity index (χ1) is 18.4. The van der Waals surface area contributed by atoms with Crippen LogP contribution in [0.25, 0.3) is 11.1 Å². The number of carbonyl (C=O) groups excluding carboxylic acids is 2. The molecule has 2 fully saturated rings. The van der Waals surface area contributed by atoms with Gasteiger partial charge in [0, 0.05) is 30.3 Å². The Labute approximate surface area is 226 Å². The summed E-state index contributed by atoms with van der Waals surface area (Å²) in [5.41, 5.74) is 7.84. The van der Waals surface area contributed by atoms with Gasteiger partial charge in [0.1, 0.15) is 6.29 Å². The molecule has 3 aromatic rings. The number of likely N-dealkylation sites (tertiary alicyclic amines) is 1. The molecule has 3 unspecified atom stereocenters. The maximum atomic E-state index is 13.1. The summed E-state index contributed by atoms with van der Waals surface area (Å²) in [4.78, 5) is 26.8. The average molecular weight is 507 g/mol. The minimum Gasteiger partial charge on any atom is -0.352 e. The molecule has 1 saturated carbocycles. The number of fused-ring (bicyclic) bond motifs is 4. The number of hydrogen-bond acceptors (Lipinski definition) is 3. The van der Waals surface area contributed by atoms with Gasteiger partial charge < -0.3 is 5.32 Å². The Balaban J connectivity index is 1.08. The highest BCUT2D eigenvalue weighted by Crippen LogP contribution is 2.49. The Kier molecular flexibility index (Phi) is 6.69. The van der Waals surface area contributed by atoms with Crippen LogP contribution in [0.5, 0.6) is 0 Å². The first kappa shape index (κ1) is 25.1. The van der Waals surface area contributed by atoms with Crippen molar-refractivity contribution in [3.05, 3.63) is 94.5 Å². The molecule has 4 nitrogen and oxygen atoms in total. The summed E-state index contributed by atoms with van der Waals surface area (Å²) < 4.78 is 0. The molecule has 3 atom stereocenters. The van der Waals surface area contributed by atoms with Crippen molar-refractivity contribution in [1.82, 2.24) is 10.2 Å². The smallest absolute Gasteiger partial charge is 0.251 e. The second-order valence-corrected chi connectivity index (χ2v) is 12.0. The molecule has 2 bridgehead atoms. The minimum absolute atomic E-state index is 0.0178. The first-order valence-corrected chi connectivity index (χ1v) is 14.2. The Hall–Kier alpha value is -3.24. The van der Waals surface area contributed by atoms with E-state index in [9.17, 15) is 9.59 Å². The number of carbonyl (C=O) groups is 2. The molecule has 1 saturated heterocycles. The van der Waals surface area contributed by atoms with Crippen LogP contribution in [0.1, 0.15) is 70.5 Å². The molecule has 0 radical (unpaired) electrons. The summed E-state index contributed by atoms with van der Waals surface area (Å²) in [7, 11) is 0. The van der Waals surface area contributed by atoms with Crippen molar-refractivity contribution in [1.29, 1.82) is 0 Å². The summed E-state index contributed by atoms with van der Waals surface area (Å²) in [6, 6.07) is 23.1. The van der Waals surface area contributed by atoms with E-state index in [2.05, 4.69) is 60.5 Å². The molecule has 1 heterocycles. The predicted octanol–water partition coefficient (Wildman–Crippen LogP) is 6.07.